The monoisotopic (exact) mass is 1130 g/mol. The van der Waals surface area contributed by atoms with Gasteiger partial charge in [0.15, 0.2) is 0 Å². The van der Waals surface area contributed by atoms with Crippen molar-refractivity contribution in [2.24, 2.45) is 0 Å². The quantitative estimate of drug-likeness (QED) is 0.0437. The Hall–Kier alpha value is -6.20. The molecule has 0 bridgehead atoms. The van der Waals surface area contributed by atoms with E-state index in [-0.39, 0.29) is 5.41 Å². The number of aromatic nitrogens is 2. The van der Waals surface area contributed by atoms with Gasteiger partial charge in [0.25, 0.3) is 0 Å². The van der Waals surface area contributed by atoms with Gasteiger partial charge in [0.1, 0.15) is 0 Å². The molecule has 1 aliphatic carbocycles. The molecule has 1 aliphatic rings. The van der Waals surface area contributed by atoms with Crippen LogP contribution in [0.15, 0.2) is 146 Å². The molecule has 0 atom stereocenters. The number of thiophene rings is 2. The van der Waals surface area contributed by atoms with Gasteiger partial charge in [-0.25, -0.2) is 9.97 Å². The van der Waals surface area contributed by atoms with Crippen molar-refractivity contribution in [3.8, 4) is 65.0 Å². The lowest BCUT2D eigenvalue weighted by atomic mass is 9.70. The van der Waals surface area contributed by atoms with E-state index in [9.17, 15) is 0 Å². The Labute approximate surface area is 506 Å². The van der Waals surface area contributed by atoms with E-state index in [0.717, 1.165) is 46.4 Å². The van der Waals surface area contributed by atoms with E-state index in [4.69, 9.17) is 9.97 Å². The molecule has 0 unspecified atom stereocenters. The van der Waals surface area contributed by atoms with E-state index in [1.807, 2.05) is 22.7 Å². The third kappa shape index (κ3) is 12.6. The molecule has 0 fully saturated rings. The number of hydrogen-bond acceptors (Lipinski definition) is 4. The molecular formula is C79H90N2S2. The van der Waals surface area contributed by atoms with E-state index in [2.05, 4.69) is 187 Å². The van der Waals surface area contributed by atoms with Crippen molar-refractivity contribution in [2.75, 3.05) is 0 Å². The molecule has 0 aliphatic heterocycles. The average Bonchev–Trinajstić information content (AvgIpc) is 2.85. The molecule has 0 saturated carbocycles. The van der Waals surface area contributed by atoms with Gasteiger partial charge in [-0.15, -0.1) is 22.7 Å². The van der Waals surface area contributed by atoms with Crippen LogP contribution in [-0.2, 0) is 18.3 Å². The van der Waals surface area contributed by atoms with Crippen LogP contribution in [0.5, 0.6) is 0 Å². The number of rotatable bonds is 29. The number of fused-ring (bicyclic) bond motifs is 6. The van der Waals surface area contributed by atoms with Crippen LogP contribution < -0.4 is 0 Å². The van der Waals surface area contributed by atoms with Crippen LogP contribution in [0.1, 0.15) is 202 Å². The predicted molar refractivity (Wildman–Crippen MR) is 365 cm³/mol. The first-order valence-corrected chi connectivity index (χ1v) is 34.3. The molecule has 0 N–H and O–H groups in total. The van der Waals surface area contributed by atoms with Crippen LogP contribution in [0, 0.1) is 13.8 Å². The highest BCUT2D eigenvalue weighted by Crippen LogP contribution is 2.56. The van der Waals surface area contributed by atoms with Gasteiger partial charge in [-0.3, -0.25) is 0 Å². The van der Waals surface area contributed by atoms with E-state index in [1.54, 1.807) is 11.1 Å². The van der Waals surface area contributed by atoms with Crippen LogP contribution in [0.25, 0.3) is 97.5 Å². The largest absolute Gasteiger partial charge is 0.243 e. The van der Waals surface area contributed by atoms with Crippen molar-refractivity contribution >= 4 is 55.3 Å². The lowest BCUT2D eigenvalue weighted by Gasteiger charge is -2.33. The van der Waals surface area contributed by atoms with E-state index < -0.39 is 0 Å². The Morgan fingerprint density at radius 2 is 0.819 bits per heavy atom. The molecule has 0 saturated heterocycles. The molecule has 0 amide bonds. The topological polar surface area (TPSA) is 25.8 Å². The molecule has 83 heavy (non-hydrogen) atoms. The minimum absolute atomic E-state index is 0.0144. The number of benzene rings is 7. The highest BCUT2D eigenvalue weighted by atomic mass is 32.1. The fourth-order valence-corrected chi connectivity index (χ4v) is 16.3. The number of aryl methyl sites for hydroxylation is 4. The molecule has 7 aromatic carbocycles. The minimum Gasteiger partial charge on any atom is -0.243 e. The van der Waals surface area contributed by atoms with Gasteiger partial charge in [0, 0.05) is 47.2 Å². The Morgan fingerprint density at radius 1 is 0.373 bits per heavy atom. The molecule has 0 radical (unpaired) electrons. The summed E-state index contributed by atoms with van der Waals surface area (Å²) in [6.45, 7) is 14.0. The van der Waals surface area contributed by atoms with Crippen LogP contribution in [-0.4, -0.2) is 9.97 Å². The Balaban J connectivity index is 1.11. The van der Waals surface area contributed by atoms with Gasteiger partial charge in [-0.05, 0) is 131 Å². The van der Waals surface area contributed by atoms with Crippen molar-refractivity contribution in [1.82, 2.24) is 9.97 Å². The fourth-order valence-electron chi connectivity index (χ4n) is 14.0. The first kappa shape index (κ1) is 58.6. The molecule has 10 aromatic rings. The molecule has 428 valence electrons. The van der Waals surface area contributed by atoms with Gasteiger partial charge in [0.05, 0.1) is 22.4 Å². The van der Waals surface area contributed by atoms with E-state index >= 15 is 0 Å². The maximum atomic E-state index is 6.09. The zero-order chi connectivity index (χ0) is 57.1. The third-order valence-corrected chi connectivity index (χ3v) is 21.0. The first-order chi connectivity index (χ1) is 40.8. The van der Waals surface area contributed by atoms with Crippen LogP contribution in [0.3, 0.4) is 0 Å². The summed E-state index contributed by atoms with van der Waals surface area (Å²) < 4.78 is 0. The van der Waals surface area contributed by atoms with Crippen molar-refractivity contribution in [3.05, 3.63) is 178 Å². The van der Waals surface area contributed by atoms with Crippen LogP contribution in [0.4, 0.5) is 0 Å². The summed E-state index contributed by atoms with van der Waals surface area (Å²) in [5, 5.41) is 4.79. The minimum atomic E-state index is 0.0144. The summed E-state index contributed by atoms with van der Waals surface area (Å²) in [5.74, 6) is 0. The molecule has 11 rings (SSSR count). The molecule has 4 heteroatoms. The zero-order valence-electron chi connectivity index (χ0n) is 51.0. The molecule has 0 spiro atoms. The van der Waals surface area contributed by atoms with Gasteiger partial charge in [-0.2, -0.15) is 0 Å². The second kappa shape index (κ2) is 27.7. The highest BCUT2D eigenvalue weighted by Gasteiger charge is 2.42. The molecule has 3 heterocycles. The lowest BCUT2D eigenvalue weighted by molar-refractivity contribution is 0.398. The zero-order valence-corrected chi connectivity index (χ0v) is 52.7. The van der Waals surface area contributed by atoms with Gasteiger partial charge in [-0.1, -0.05) is 276 Å². The standard InChI is InChI=1S/C79H90N2S2/c1-7-11-15-19-21-29-49-79(50-30-22-20-16-12-8-2)70-51-55(5)43-45-64(70)65-46-44-61(52-71(65)79)78-60(36-24-18-14-10-4)54-73(83-78)69-48-47-68(72-53-59(56(6)82-72)35-23-17-13-9-3)76-77(69)81-75(67-42-32-38-58-34-26-28-40-63(58)67)74(80-76)66-41-31-37-57-33-25-27-39-62(57)66/h25-28,31-34,37-48,51-54H,7-24,29-30,35-36,49-50H2,1-6H3. The maximum absolute atomic E-state index is 6.09. The van der Waals surface area contributed by atoms with Gasteiger partial charge in [0.2, 0.25) is 0 Å². The Bertz CT molecular complexity index is 3780. The smallest absolute Gasteiger partial charge is 0.0988 e. The van der Waals surface area contributed by atoms with Crippen LogP contribution >= 0.6 is 22.7 Å². The molecule has 2 nitrogen and oxygen atoms in total. The second-order valence-corrected chi connectivity index (χ2v) is 26.8. The highest BCUT2D eigenvalue weighted by molar-refractivity contribution is 7.19. The summed E-state index contributed by atoms with van der Waals surface area (Å²) >= 11 is 3.93. The normalized spacial score (nSPS) is 12.7. The third-order valence-electron chi connectivity index (χ3n) is 18.6. The SMILES string of the molecule is CCCCCCCCC1(CCCCCCCC)c2cc(C)ccc2-c2ccc(-c3sc(-c4ccc(-c5cc(CCCCCC)c(C)s5)c5nc(-c6cccc7ccccc67)c(-c6cccc7ccccc67)nc45)cc3CCCCCC)cc21. The number of nitrogens with zero attached hydrogens (tertiary/aromatic N) is 2. The van der Waals surface area contributed by atoms with Crippen LogP contribution in [0.2, 0.25) is 0 Å². The van der Waals surface area contributed by atoms with E-state index in [0.29, 0.717) is 0 Å². The van der Waals surface area contributed by atoms with Crippen molar-refractivity contribution < 1.29 is 0 Å². The van der Waals surface area contributed by atoms with Crippen molar-refractivity contribution in [2.45, 2.75) is 201 Å². The van der Waals surface area contributed by atoms with Gasteiger partial charge < -0.3 is 0 Å². The van der Waals surface area contributed by atoms with E-state index in [1.165, 1.54) is 227 Å². The number of unbranched alkanes of at least 4 members (excludes halogenated alkanes) is 16. The first-order valence-electron chi connectivity index (χ1n) is 32.6. The maximum Gasteiger partial charge on any atom is 0.0988 e. The summed E-state index contributed by atoms with van der Waals surface area (Å²) in [4.78, 5) is 17.5. The summed E-state index contributed by atoms with van der Waals surface area (Å²) in [6, 6.07) is 56.0. The van der Waals surface area contributed by atoms with Gasteiger partial charge >= 0.3 is 0 Å². The lowest BCUT2D eigenvalue weighted by Crippen LogP contribution is -2.25. The number of hydrogen-bond donors (Lipinski definition) is 0. The molecule has 3 aromatic heterocycles. The second-order valence-electron chi connectivity index (χ2n) is 24.5. The fraction of sp³-hybridized carbons (Fsp3) is 0.392. The summed E-state index contributed by atoms with van der Waals surface area (Å²) in [7, 11) is 0. The summed E-state index contributed by atoms with van der Waals surface area (Å²) in [5.41, 5.74) is 20.2. The summed E-state index contributed by atoms with van der Waals surface area (Å²) in [6.07, 6.45) is 30.4. The molecular weight excluding hydrogens is 1040 g/mol. The average molecular weight is 1130 g/mol. The Kier molecular flexibility index (Phi) is 19.5. The van der Waals surface area contributed by atoms with Crippen molar-refractivity contribution in [3.63, 3.8) is 0 Å². The Morgan fingerprint density at radius 3 is 1.39 bits per heavy atom. The van der Waals surface area contributed by atoms with Crippen molar-refractivity contribution in [1.29, 1.82) is 0 Å². The predicted octanol–water partition coefficient (Wildman–Crippen LogP) is 25.0.